The van der Waals surface area contributed by atoms with Crippen molar-refractivity contribution in [2.45, 2.75) is 16.9 Å². The van der Waals surface area contributed by atoms with E-state index in [1.807, 2.05) is 24.7 Å². The van der Waals surface area contributed by atoms with Crippen LogP contribution in [0.3, 0.4) is 0 Å². The molecular weight excluding hydrogens is 290 g/mol. The van der Waals surface area contributed by atoms with E-state index in [0.29, 0.717) is 23.6 Å². The minimum atomic E-state index is -3.22. The Morgan fingerprint density at radius 1 is 1.38 bits per heavy atom. The van der Waals surface area contributed by atoms with Crippen molar-refractivity contribution in [2.24, 2.45) is 7.05 Å². The summed E-state index contributed by atoms with van der Waals surface area (Å²) in [5, 5.41) is 3.25. The van der Waals surface area contributed by atoms with Crippen molar-refractivity contribution in [3.63, 3.8) is 0 Å². The summed E-state index contributed by atoms with van der Waals surface area (Å²) in [5.74, 6) is 1.10. The molecule has 0 aliphatic carbocycles. The lowest BCUT2D eigenvalue weighted by Crippen LogP contribution is -2.32. The topological polar surface area (TPSA) is 73.2 Å². The first kappa shape index (κ1) is 14.5. The van der Waals surface area contributed by atoms with Crippen molar-refractivity contribution in [1.82, 2.24) is 14.9 Å². The van der Waals surface area contributed by atoms with Crippen LogP contribution in [0.2, 0.25) is 0 Å². The largest absolute Gasteiger partial charge is 0.379 e. The number of nitrogens with zero attached hydrogens (tertiary/aromatic N) is 2. The summed E-state index contributed by atoms with van der Waals surface area (Å²) in [7, 11) is 0.649. The van der Waals surface area contributed by atoms with E-state index in [-0.39, 0.29) is 12.0 Å². The Morgan fingerprint density at radius 2 is 2.14 bits per heavy atom. The van der Waals surface area contributed by atoms with Crippen LogP contribution in [-0.4, -0.2) is 50.5 Å². The molecule has 2 atom stereocenters. The van der Waals surface area contributed by atoms with Crippen LogP contribution in [0.15, 0.2) is 23.1 Å². The number of nitrogens with one attached hydrogen (secondary N) is 1. The van der Waals surface area contributed by atoms with Gasteiger partial charge in [0, 0.05) is 19.3 Å². The second-order valence-electron chi connectivity index (χ2n) is 5.49. The highest BCUT2D eigenvalue weighted by Crippen LogP contribution is 2.28. The molecule has 6 nitrogen and oxygen atoms in total. The summed E-state index contributed by atoms with van der Waals surface area (Å²) in [4.78, 5) is 4.94. The molecule has 1 aliphatic heterocycles. The number of sulfone groups is 1. The summed E-state index contributed by atoms with van der Waals surface area (Å²) >= 11 is 0. The minimum Gasteiger partial charge on any atom is -0.379 e. The molecule has 0 spiro atoms. The van der Waals surface area contributed by atoms with Gasteiger partial charge in [-0.1, -0.05) is 0 Å². The van der Waals surface area contributed by atoms with E-state index < -0.39 is 9.84 Å². The second kappa shape index (κ2) is 5.08. The van der Waals surface area contributed by atoms with Crippen LogP contribution in [0.5, 0.6) is 0 Å². The molecule has 1 N–H and O–H groups in total. The van der Waals surface area contributed by atoms with Crippen LogP contribution >= 0.6 is 0 Å². The van der Waals surface area contributed by atoms with E-state index in [1.54, 1.807) is 12.1 Å². The monoisotopic (exact) mass is 309 g/mol. The molecule has 1 fully saturated rings. The molecule has 1 aliphatic rings. The molecular formula is C14H19N3O3S. The lowest BCUT2D eigenvalue weighted by atomic mass is 10.0. The Bertz CT molecular complexity index is 782. The van der Waals surface area contributed by atoms with Crippen molar-refractivity contribution >= 4 is 20.9 Å². The molecule has 3 rings (SSSR count). The Labute approximate surface area is 124 Å². The first-order valence-electron chi connectivity index (χ1n) is 6.83. The van der Waals surface area contributed by atoms with Gasteiger partial charge in [0.2, 0.25) is 0 Å². The smallest absolute Gasteiger partial charge is 0.175 e. The fourth-order valence-electron chi connectivity index (χ4n) is 2.85. The highest BCUT2D eigenvalue weighted by molar-refractivity contribution is 7.90. The third-order valence-corrected chi connectivity index (χ3v) is 5.21. The Balaban J connectivity index is 2.11. The number of hydrogen-bond acceptors (Lipinski definition) is 5. The zero-order valence-electron chi connectivity index (χ0n) is 12.3. The van der Waals surface area contributed by atoms with E-state index in [1.165, 1.54) is 6.26 Å². The van der Waals surface area contributed by atoms with Gasteiger partial charge in [0.1, 0.15) is 5.82 Å². The van der Waals surface area contributed by atoms with Gasteiger partial charge in [-0.25, -0.2) is 13.4 Å². The van der Waals surface area contributed by atoms with E-state index >= 15 is 0 Å². The molecule has 2 heterocycles. The molecule has 0 radical (unpaired) electrons. The number of benzene rings is 1. The third kappa shape index (κ3) is 2.45. The number of aromatic nitrogens is 2. The van der Waals surface area contributed by atoms with E-state index in [9.17, 15) is 8.42 Å². The number of aryl methyl sites for hydroxylation is 1. The van der Waals surface area contributed by atoms with Crippen LogP contribution in [0, 0.1) is 0 Å². The molecule has 2 unspecified atom stereocenters. The van der Waals surface area contributed by atoms with Crippen LogP contribution in [0.25, 0.3) is 11.0 Å². The molecule has 1 aromatic heterocycles. The molecule has 2 aromatic rings. The Hall–Kier alpha value is -1.44. The predicted octanol–water partition coefficient (Wildman–Crippen LogP) is 0.679. The van der Waals surface area contributed by atoms with Crippen LogP contribution in [0.4, 0.5) is 0 Å². The van der Waals surface area contributed by atoms with Crippen molar-refractivity contribution in [1.29, 1.82) is 0 Å². The lowest BCUT2D eigenvalue weighted by Gasteiger charge is -2.16. The summed E-state index contributed by atoms with van der Waals surface area (Å²) in [6.07, 6.45) is 1.21. The van der Waals surface area contributed by atoms with E-state index in [4.69, 9.17) is 4.74 Å². The van der Waals surface area contributed by atoms with Crippen molar-refractivity contribution in [3.8, 4) is 0 Å². The molecule has 0 amide bonds. The number of rotatable bonds is 3. The number of fused-ring (bicyclic) bond motifs is 1. The van der Waals surface area contributed by atoms with Crippen molar-refractivity contribution in [2.75, 3.05) is 26.5 Å². The van der Waals surface area contributed by atoms with E-state index in [0.717, 1.165) is 11.3 Å². The van der Waals surface area contributed by atoms with Gasteiger partial charge in [-0.15, -0.1) is 0 Å². The number of ether oxygens (including phenoxy) is 1. The average molecular weight is 309 g/mol. The highest BCUT2D eigenvalue weighted by atomic mass is 32.2. The molecule has 1 saturated heterocycles. The van der Waals surface area contributed by atoms with Crippen LogP contribution in [0.1, 0.15) is 11.7 Å². The zero-order chi connectivity index (χ0) is 15.2. The summed E-state index contributed by atoms with van der Waals surface area (Å²) < 4.78 is 30.9. The fraction of sp³-hybridized carbons (Fsp3) is 0.500. The van der Waals surface area contributed by atoms with E-state index in [2.05, 4.69) is 10.3 Å². The van der Waals surface area contributed by atoms with Gasteiger partial charge in [0.05, 0.1) is 35.1 Å². The van der Waals surface area contributed by atoms with Gasteiger partial charge in [0.25, 0.3) is 0 Å². The van der Waals surface area contributed by atoms with Gasteiger partial charge >= 0.3 is 0 Å². The standard InChI is InChI=1S/C14H19N3O3S/c1-15-12-8-20-7-10(12)14-16-11-6-9(21(3,18)19)4-5-13(11)17(14)2/h4-6,10,12,15H,7-8H2,1-3H3. The lowest BCUT2D eigenvalue weighted by molar-refractivity contribution is 0.188. The van der Waals surface area contributed by atoms with Crippen molar-refractivity contribution in [3.05, 3.63) is 24.0 Å². The van der Waals surface area contributed by atoms with Gasteiger partial charge in [-0.3, -0.25) is 0 Å². The van der Waals surface area contributed by atoms with Crippen LogP contribution in [-0.2, 0) is 21.6 Å². The normalized spacial score (nSPS) is 23.0. The van der Waals surface area contributed by atoms with Crippen LogP contribution < -0.4 is 5.32 Å². The van der Waals surface area contributed by atoms with Gasteiger partial charge in [0.15, 0.2) is 9.84 Å². The highest BCUT2D eigenvalue weighted by Gasteiger charge is 2.32. The quantitative estimate of drug-likeness (QED) is 0.902. The van der Waals surface area contributed by atoms with Gasteiger partial charge in [-0.2, -0.15) is 0 Å². The number of hydrogen-bond donors (Lipinski definition) is 1. The zero-order valence-corrected chi connectivity index (χ0v) is 13.1. The summed E-state index contributed by atoms with van der Waals surface area (Å²) in [6, 6.07) is 5.31. The maximum Gasteiger partial charge on any atom is 0.175 e. The Morgan fingerprint density at radius 3 is 2.81 bits per heavy atom. The maximum absolute atomic E-state index is 11.7. The SMILES string of the molecule is CNC1COCC1c1nc2cc(S(C)(=O)=O)ccc2n1C. The van der Waals surface area contributed by atoms with Gasteiger partial charge < -0.3 is 14.6 Å². The number of likely N-dealkylation sites (N-methyl/N-ethyl adjacent to an activating group) is 1. The van der Waals surface area contributed by atoms with Crippen molar-refractivity contribution < 1.29 is 13.2 Å². The Kier molecular flexibility index (Phi) is 3.51. The molecule has 0 bridgehead atoms. The maximum atomic E-state index is 11.7. The molecule has 114 valence electrons. The van der Waals surface area contributed by atoms with Gasteiger partial charge in [-0.05, 0) is 25.2 Å². The fourth-order valence-corrected chi connectivity index (χ4v) is 3.49. The molecule has 7 heteroatoms. The third-order valence-electron chi connectivity index (χ3n) is 4.10. The summed E-state index contributed by atoms with van der Waals surface area (Å²) in [5.41, 5.74) is 1.64. The molecule has 21 heavy (non-hydrogen) atoms. The average Bonchev–Trinajstić information content (AvgIpc) is 3.01. The predicted molar refractivity (Wildman–Crippen MR) is 80.2 cm³/mol. The molecule has 1 aromatic carbocycles. The first-order valence-corrected chi connectivity index (χ1v) is 8.72. The first-order chi connectivity index (χ1) is 9.91. The number of imidazole rings is 1. The molecule has 0 saturated carbocycles. The minimum absolute atomic E-state index is 0.175. The second-order valence-corrected chi connectivity index (χ2v) is 7.51. The summed E-state index contributed by atoms with van der Waals surface area (Å²) in [6.45, 7) is 1.29.